The maximum absolute atomic E-state index is 9.78. The molecule has 0 saturated carbocycles. The van der Waals surface area contributed by atoms with Gasteiger partial charge in [-0.1, -0.05) is 18.5 Å². The molecule has 0 fully saturated rings. The van der Waals surface area contributed by atoms with Crippen LogP contribution in [0.25, 0.3) is 0 Å². The first kappa shape index (κ1) is 9.94. The van der Waals surface area contributed by atoms with Crippen LogP contribution in [0, 0.1) is 0 Å². The van der Waals surface area contributed by atoms with E-state index in [1.165, 1.54) is 0 Å². The maximum Gasteiger partial charge on any atom is 0.0963 e. The van der Waals surface area contributed by atoms with Gasteiger partial charge in [-0.3, -0.25) is 4.98 Å². The second kappa shape index (κ2) is 3.87. The standard InChI is InChI=1S/C11H14ClNO/c1-2-7-3-4-9(14)11-10(7)8(12)5-6-13-11/h5-7,9,14H,2-4H2,1H3. The SMILES string of the molecule is CCC1CCC(O)c2nccc(Cl)c21. The van der Waals surface area contributed by atoms with E-state index in [0.29, 0.717) is 5.92 Å². The fraction of sp³-hybridized carbons (Fsp3) is 0.545. The van der Waals surface area contributed by atoms with E-state index in [0.717, 1.165) is 35.5 Å². The number of pyridine rings is 1. The van der Waals surface area contributed by atoms with Gasteiger partial charge in [0.2, 0.25) is 0 Å². The Morgan fingerprint density at radius 1 is 1.57 bits per heavy atom. The van der Waals surface area contributed by atoms with Gasteiger partial charge >= 0.3 is 0 Å². The van der Waals surface area contributed by atoms with Crippen LogP contribution >= 0.6 is 11.6 Å². The molecule has 1 aliphatic rings. The van der Waals surface area contributed by atoms with Crippen molar-refractivity contribution >= 4 is 11.6 Å². The predicted octanol–water partition coefficient (Wildman–Crippen LogP) is 3.06. The lowest BCUT2D eigenvalue weighted by Gasteiger charge is -2.27. The van der Waals surface area contributed by atoms with Gasteiger partial charge in [0.15, 0.2) is 0 Å². The molecule has 0 saturated heterocycles. The second-order valence-corrected chi connectivity index (χ2v) is 4.20. The summed E-state index contributed by atoms with van der Waals surface area (Å²) in [5, 5.41) is 10.5. The van der Waals surface area contributed by atoms with Crippen molar-refractivity contribution in [3.05, 3.63) is 28.5 Å². The first-order valence-electron chi connectivity index (χ1n) is 5.06. The van der Waals surface area contributed by atoms with Crippen molar-refractivity contribution in [3.63, 3.8) is 0 Å². The van der Waals surface area contributed by atoms with Gasteiger partial charge in [-0.15, -0.1) is 0 Å². The zero-order valence-electron chi connectivity index (χ0n) is 8.20. The number of halogens is 1. The van der Waals surface area contributed by atoms with Crippen molar-refractivity contribution in [2.45, 2.75) is 38.2 Å². The smallest absolute Gasteiger partial charge is 0.0963 e. The summed E-state index contributed by atoms with van der Waals surface area (Å²) in [6.07, 6.45) is 4.12. The van der Waals surface area contributed by atoms with Crippen molar-refractivity contribution in [3.8, 4) is 0 Å². The Balaban J connectivity index is 2.51. The molecule has 76 valence electrons. The summed E-state index contributed by atoms with van der Waals surface area (Å²) in [5.74, 6) is 0.467. The lowest BCUT2D eigenvalue weighted by Crippen LogP contribution is -2.16. The van der Waals surface area contributed by atoms with Crippen LogP contribution in [0.15, 0.2) is 12.3 Å². The zero-order valence-corrected chi connectivity index (χ0v) is 8.96. The molecule has 2 rings (SSSR count). The molecule has 2 unspecified atom stereocenters. The lowest BCUT2D eigenvalue weighted by molar-refractivity contribution is 0.145. The van der Waals surface area contributed by atoms with E-state index in [1.807, 2.05) is 0 Å². The summed E-state index contributed by atoms with van der Waals surface area (Å²) < 4.78 is 0. The molecule has 2 nitrogen and oxygen atoms in total. The zero-order chi connectivity index (χ0) is 10.1. The quantitative estimate of drug-likeness (QED) is 0.775. The van der Waals surface area contributed by atoms with E-state index < -0.39 is 6.10 Å². The fourth-order valence-corrected chi connectivity index (χ4v) is 2.49. The molecule has 0 aliphatic heterocycles. The van der Waals surface area contributed by atoms with Crippen LogP contribution in [-0.4, -0.2) is 10.1 Å². The van der Waals surface area contributed by atoms with Crippen molar-refractivity contribution < 1.29 is 5.11 Å². The number of hydrogen-bond acceptors (Lipinski definition) is 2. The molecule has 1 aromatic heterocycles. The lowest BCUT2D eigenvalue weighted by atomic mass is 9.82. The maximum atomic E-state index is 9.78. The topological polar surface area (TPSA) is 33.1 Å². The number of fused-ring (bicyclic) bond motifs is 1. The predicted molar refractivity (Wildman–Crippen MR) is 56.5 cm³/mol. The normalized spacial score (nSPS) is 25.9. The minimum atomic E-state index is -0.425. The Hall–Kier alpha value is -0.600. The third kappa shape index (κ3) is 1.53. The van der Waals surface area contributed by atoms with Gasteiger partial charge in [0.25, 0.3) is 0 Å². The van der Waals surface area contributed by atoms with Crippen LogP contribution in [-0.2, 0) is 0 Å². The van der Waals surface area contributed by atoms with E-state index >= 15 is 0 Å². The largest absolute Gasteiger partial charge is 0.387 e. The van der Waals surface area contributed by atoms with Crippen LogP contribution in [0.2, 0.25) is 5.02 Å². The van der Waals surface area contributed by atoms with Crippen LogP contribution in [0.1, 0.15) is 49.5 Å². The first-order chi connectivity index (χ1) is 6.74. The summed E-state index contributed by atoms with van der Waals surface area (Å²) >= 11 is 6.13. The minimum Gasteiger partial charge on any atom is -0.387 e. The third-order valence-corrected chi connectivity index (χ3v) is 3.30. The van der Waals surface area contributed by atoms with Gasteiger partial charge in [-0.05, 0) is 36.8 Å². The fourth-order valence-electron chi connectivity index (χ4n) is 2.18. The molecule has 0 amide bonds. The van der Waals surface area contributed by atoms with E-state index in [9.17, 15) is 5.11 Å². The Bertz CT molecular complexity index is 340. The molecule has 0 radical (unpaired) electrons. The van der Waals surface area contributed by atoms with Crippen LogP contribution in [0.5, 0.6) is 0 Å². The Kier molecular flexibility index (Phi) is 2.75. The van der Waals surface area contributed by atoms with Gasteiger partial charge in [-0.25, -0.2) is 0 Å². The van der Waals surface area contributed by atoms with Crippen LogP contribution in [0.3, 0.4) is 0 Å². The molecule has 1 N–H and O–H groups in total. The summed E-state index contributed by atoms with van der Waals surface area (Å²) in [6.45, 7) is 2.15. The first-order valence-corrected chi connectivity index (χ1v) is 5.44. The molecule has 14 heavy (non-hydrogen) atoms. The number of rotatable bonds is 1. The molecule has 1 heterocycles. The molecule has 2 atom stereocenters. The monoisotopic (exact) mass is 211 g/mol. The summed E-state index contributed by atoms with van der Waals surface area (Å²) in [6, 6.07) is 1.81. The number of nitrogens with zero attached hydrogens (tertiary/aromatic N) is 1. The van der Waals surface area contributed by atoms with Gasteiger partial charge in [0.05, 0.1) is 11.8 Å². The average Bonchev–Trinajstić information content (AvgIpc) is 2.20. The van der Waals surface area contributed by atoms with E-state index in [-0.39, 0.29) is 0 Å². The molecule has 1 aromatic rings. The van der Waals surface area contributed by atoms with E-state index in [1.54, 1.807) is 12.3 Å². The number of hydrogen-bond donors (Lipinski definition) is 1. The van der Waals surface area contributed by atoms with Crippen molar-refractivity contribution in [1.29, 1.82) is 0 Å². The second-order valence-electron chi connectivity index (χ2n) is 3.79. The average molecular weight is 212 g/mol. The number of aliphatic hydroxyl groups is 1. The van der Waals surface area contributed by atoms with Crippen molar-refractivity contribution in [2.24, 2.45) is 0 Å². The summed E-state index contributed by atoms with van der Waals surface area (Å²) in [5.41, 5.74) is 1.85. The number of aliphatic hydroxyl groups excluding tert-OH is 1. The highest BCUT2D eigenvalue weighted by Gasteiger charge is 2.27. The van der Waals surface area contributed by atoms with Gasteiger partial charge in [0, 0.05) is 11.2 Å². The van der Waals surface area contributed by atoms with Crippen LogP contribution < -0.4 is 0 Å². The number of aromatic nitrogens is 1. The molecular formula is C11H14ClNO. The molecule has 0 aromatic carbocycles. The highest BCUT2D eigenvalue weighted by molar-refractivity contribution is 6.31. The molecule has 3 heteroatoms. The van der Waals surface area contributed by atoms with Gasteiger partial charge < -0.3 is 5.11 Å². The molecule has 1 aliphatic carbocycles. The Labute approximate surface area is 88.9 Å². The minimum absolute atomic E-state index is 0.425. The van der Waals surface area contributed by atoms with E-state index in [4.69, 9.17) is 11.6 Å². The van der Waals surface area contributed by atoms with Crippen molar-refractivity contribution in [2.75, 3.05) is 0 Å². The third-order valence-electron chi connectivity index (χ3n) is 2.97. The molecule has 0 bridgehead atoms. The highest BCUT2D eigenvalue weighted by Crippen LogP contribution is 2.41. The molecular weight excluding hydrogens is 198 g/mol. The van der Waals surface area contributed by atoms with Gasteiger partial charge in [-0.2, -0.15) is 0 Å². The van der Waals surface area contributed by atoms with Crippen molar-refractivity contribution in [1.82, 2.24) is 4.98 Å². The van der Waals surface area contributed by atoms with Gasteiger partial charge in [0.1, 0.15) is 0 Å². The summed E-state index contributed by atoms with van der Waals surface area (Å²) in [4.78, 5) is 4.22. The Morgan fingerprint density at radius 2 is 2.36 bits per heavy atom. The molecule has 0 spiro atoms. The highest BCUT2D eigenvalue weighted by atomic mass is 35.5. The van der Waals surface area contributed by atoms with Crippen LogP contribution in [0.4, 0.5) is 0 Å². The van der Waals surface area contributed by atoms with E-state index in [2.05, 4.69) is 11.9 Å². The summed E-state index contributed by atoms with van der Waals surface area (Å²) in [7, 11) is 0. The Morgan fingerprint density at radius 3 is 3.07 bits per heavy atom.